The summed E-state index contributed by atoms with van der Waals surface area (Å²) in [6, 6.07) is 0. The molecule has 0 aromatic rings. The van der Waals surface area contributed by atoms with Gasteiger partial charge in [-0.3, -0.25) is 0 Å². The van der Waals surface area contributed by atoms with E-state index in [9.17, 15) is 0 Å². The Bertz CT molecular complexity index is 56.9. The molecule has 0 aromatic carbocycles. The second-order valence-corrected chi connectivity index (χ2v) is 2.26. The van der Waals surface area contributed by atoms with E-state index in [2.05, 4.69) is 13.8 Å². The zero-order valence-electron chi connectivity index (χ0n) is 6.39. The lowest BCUT2D eigenvalue weighted by atomic mass is 10.2. The third-order valence-electron chi connectivity index (χ3n) is 1.22. The molecule has 2 nitrogen and oxygen atoms in total. The van der Waals surface area contributed by atoms with Crippen molar-refractivity contribution >= 4 is 0 Å². The highest BCUT2D eigenvalue weighted by Crippen LogP contribution is 1.98. The van der Waals surface area contributed by atoms with Crippen LogP contribution in [0, 0.1) is 0 Å². The van der Waals surface area contributed by atoms with Crippen molar-refractivity contribution in [1.29, 1.82) is 0 Å². The fourth-order valence-corrected chi connectivity index (χ4v) is 0.759. The Labute approximate surface area is 57.4 Å². The van der Waals surface area contributed by atoms with E-state index in [0.29, 0.717) is 19.3 Å². The zero-order valence-corrected chi connectivity index (χ0v) is 6.39. The molecule has 0 fully saturated rings. The smallest absolute Gasteiger partial charge is 0.0592 e. The van der Waals surface area contributed by atoms with Crippen LogP contribution in [0.2, 0.25) is 0 Å². The average molecular weight is 131 g/mol. The monoisotopic (exact) mass is 131 g/mol. The minimum atomic E-state index is 0.388. The molecule has 0 saturated carbocycles. The van der Waals surface area contributed by atoms with E-state index in [0.717, 1.165) is 6.42 Å². The second kappa shape index (κ2) is 6.05. The van der Waals surface area contributed by atoms with Crippen molar-refractivity contribution in [2.24, 2.45) is 5.73 Å². The number of nitrogens with two attached hydrogens (primary N) is 1. The van der Waals surface area contributed by atoms with Crippen molar-refractivity contribution in [2.45, 2.75) is 32.8 Å². The normalized spacial score (nSPS) is 13.7. The number of ether oxygens (including phenoxy) is 1. The average Bonchev–Trinajstić information content (AvgIpc) is 1.85. The van der Waals surface area contributed by atoms with Crippen molar-refractivity contribution in [3.05, 3.63) is 0 Å². The Morgan fingerprint density at radius 1 is 1.56 bits per heavy atom. The van der Waals surface area contributed by atoms with Crippen LogP contribution in [-0.4, -0.2) is 19.3 Å². The summed E-state index contributed by atoms with van der Waals surface area (Å²) in [5.41, 5.74) is 5.25. The maximum atomic E-state index is 5.31. The zero-order chi connectivity index (χ0) is 7.11. The lowest BCUT2D eigenvalue weighted by Gasteiger charge is -2.09. The summed E-state index contributed by atoms with van der Waals surface area (Å²) >= 11 is 0. The molecule has 0 saturated heterocycles. The van der Waals surface area contributed by atoms with Crippen LogP contribution in [-0.2, 0) is 4.74 Å². The Kier molecular flexibility index (Phi) is 5.99. The van der Waals surface area contributed by atoms with E-state index in [4.69, 9.17) is 10.5 Å². The second-order valence-electron chi connectivity index (χ2n) is 2.26. The standard InChI is InChI=1S/C7H17NO/c1-3-4-7(2)9-6-5-8/h7H,3-6,8H2,1-2H3/t7-/m0/s1. The highest BCUT2D eigenvalue weighted by Gasteiger charge is 1.96. The van der Waals surface area contributed by atoms with E-state index in [1.807, 2.05) is 0 Å². The van der Waals surface area contributed by atoms with Gasteiger partial charge < -0.3 is 10.5 Å². The molecule has 0 amide bonds. The topological polar surface area (TPSA) is 35.2 Å². The molecule has 0 spiro atoms. The molecule has 0 rings (SSSR count). The predicted octanol–water partition coefficient (Wildman–Crippen LogP) is 1.15. The molecule has 0 radical (unpaired) electrons. The Hall–Kier alpha value is -0.0800. The van der Waals surface area contributed by atoms with Gasteiger partial charge in [0.1, 0.15) is 0 Å². The first-order chi connectivity index (χ1) is 4.31. The van der Waals surface area contributed by atoms with Crippen molar-refractivity contribution in [3.8, 4) is 0 Å². The molecule has 2 heteroatoms. The van der Waals surface area contributed by atoms with Crippen LogP contribution in [0.4, 0.5) is 0 Å². The van der Waals surface area contributed by atoms with Gasteiger partial charge in [0.25, 0.3) is 0 Å². The minimum absolute atomic E-state index is 0.388. The molecule has 0 aromatic heterocycles. The van der Waals surface area contributed by atoms with Crippen molar-refractivity contribution in [2.75, 3.05) is 13.2 Å². The fourth-order valence-electron chi connectivity index (χ4n) is 0.759. The molecule has 9 heavy (non-hydrogen) atoms. The SMILES string of the molecule is CCC[C@H](C)OCCN. The van der Waals surface area contributed by atoms with Gasteiger partial charge in [0.15, 0.2) is 0 Å². The van der Waals surface area contributed by atoms with Gasteiger partial charge in [0, 0.05) is 6.54 Å². The molecular weight excluding hydrogens is 114 g/mol. The third-order valence-corrected chi connectivity index (χ3v) is 1.22. The summed E-state index contributed by atoms with van der Waals surface area (Å²) < 4.78 is 5.31. The van der Waals surface area contributed by atoms with E-state index in [1.54, 1.807) is 0 Å². The minimum Gasteiger partial charge on any atom is -0.377 e. The van der Waals surface area contributed by atoms with Crippen LogP contribution in [0.15, 0.2) is 0 Å². The summed E-state index contributed by atoms with van der Waals surface area (Å²) in [5, 5.41) is 0. The molecule has 56 valence electrons. The van der Waals surface area contributed by atoms with Gasteiger partial charge in [-0.05, 0) is 13.3 Å². The van der Waals surface area contributed by atoms with Gasteiger partial charge in [0.05, 0.1) is 12.7 Å². The van der Waals surface area contributed by atoms with Crippen molar-refractivity contribution < 1.29 is 4.74 Å². The fraction of sp³-hybridized carbons (Fsp3) is 1.00. The Morgan fingerprint density at radius 3 is 2.67 bits per heavy atom. The first-order valence-electron chi connectivity index (χ1n) is 3.63. The van der Waals surface area contributed by atoms with E-state index >= 15 is 0 Å². The molecule has 0 unspecified atom stereocenters. The van der Waals surface area contributed by atoms with Gasteiger partial charge in [-0.15, -0.1) is 0 Å². The summed E-state index contributed by atoms with van der Waals surface area (Å²) in [7, 11) is 0. The Balaban J connectivity index is 2.95. The third kappa shape index (κ3) is 5.80. The molecule has 0 heterocycles. The molecule has 0 bridgehead atoms. The van der Waals surface area contributed by atoms with Crippen LogP contribution in [0.5, 0.6) is 0 Å². The van der Waals surface area contributed by atoms with Crippen LogP contribution in [0.25, 0.3) is 0 Å². The summed E-state index contributed by atoms with van der Waals surface area (Å²) in [6.45, 7) is 5.57. The highest BCUT2D eigenvalue weighted by atomic mass is 16.5. The predicted molar refractivity (Wildman–Crippen MR) is 39.4 cm³/mol. The van der Waals surface area contributed by atoms with Crippen LogP contribution in [0.3, 0.4) is 0 Å². The molecular formula is C7H17NO. The van der Waals surface area contributed by atoms with Crippen LogP contribution >= 0.6 is 0 Å². The lowest BCUT2D eigenvalue weighted by Crippen LogP contribution is -2.14. The van der Waals surface area contributed by atoms with Gasteiger partial charge >= 0.3 is 0 Å². The summed E-state index contributed by atoms with van der Waals surface area (Å²) in [4.78, 5) is 0. The molecule has 1 atom stereocenters. The number of hydrogen-bond acceptors (Lipinski definition) is 2. The quantitative estimate of drug-likeness (QED) is 0.607. The van der Waals surface area contributed by atoms with Gasteiger partial charge in [0.2, 0.25) is 0 Å². The van der Waals surface area contributed by atoms with Crippen molar-refractivity contribution in [3.63, 3.8) is 0 Å². The molecule has 0 aliphatic carbocycles. The number of rotatable bonds is 5. The first kappa shape index (κ1) is 8.92. The molecule has 0 aliphatic heterocycles. The van der Waals surface area contributed by atoms with E-state index in [-0.39, 0.29) is 0 Å². The van der Waals surface area contributed by atoms with E-state index in [1.165, 1.54) is 6.42 Å². The van der Waals surface area contributed by atoms with Crippen molar-refractivity contribution in [1.82, 2.24) is 0 Å². The summed E-state index contributed by atoms with van der Waals surface area (Å²) in [5.74, 6) is 0. The molecule has 0 aliphatic rings. The van der Waals surface area contributed by atoms with Gasteiger partial charge in [-0.2, -0.15) is 0 Å². The first-order valence-corrected chi connectivity index (χ1v) is 3.63. The molecule has 2 N–H and O–H groups in total. The number of hydrogen-bond donors (Lipinski definition) is 1. The van der Waals surface area contributed by atoms with E-state index < -0.39 is 0 Å². The summed E-state index contributed by atoms with van der Waals surface area (Å²) in [6.07, 6.45) is 2.71. The maximum absolute atomic E-state index is 5.31. The van der Waals surface area contributed by atoms with Crippen LogP contribution in [0.1, 0.15) is 26.7 Å². The van der Waals surface area contributed by atoms with Gasteiger partial charge in [-0.25, -0.2) is 0 Å². The lowest BCUT2D eigenvalue weighted by molar-refractivity contribution is 0.0655. The highest BCUT2D eigenvalue weighted by molar-refractivity contribution is 4.47. The Morgan fingerprint density at radius 2 is 2.22 bits per heavy atom. The largest absolute Gasteiger partial charge is 0.377 e. The van der Waals surface area contributed by atoms with Gasteiger partial charge in [-0.1, -0.05) is 13.3 Å². The maximum Gasteiger partial charge on any atom is 0.0592 e. The van der Waals surface area contributed by atoms with Crippen LogP contribution < -0.4 is 5.73 Å².